The molecule has 0 bridgehead atoms. The predicted octanol–water partition coefficient (Wildman–Crippen LogP) is 6.32. The van der Waals surface area contributed by atoms with Crippen LogP contribution in [0.2, 0.25) is 5.28 Å². The van der Waals surface area contributed by atoms with Crippen LogP contribution in [0.5, 0.6) is 0 Å². The molecule has 0 aliphatic rings. The SMILES string of the molecule is Clc1nc(-c2cccc3c2sc2ccccc23)c2ccccc2n1. The standard InChI is InChI=1S/C20H11ClN2S/c21-20-22-16-10-3-1-7-14(16)18(23-20)15-9-5-8-13-12-6-2-4-11-17(12)24-19(13)15/h1-11H. The highest BCUT2D eigenvalue weighted by atomic mass is 35.5. The Kier molecular flexibility index (Phi) is 3.05. The second-order valence-corrected chi connectivity index (χ2v) is 7.03. The van der Waals surface area contributed by atoms with Crippen molar-refractivity contribution in [2.24, 2.45) is 0 Å². The van der Waals surface area contributed by atoms with Crippen molar-refractivity contribution >= 4 is 54.0 Å². The number of para-hydroxylation sites is 1. The summed E-state index contributed by atoms with van der Waals surface area (Å²) in [5, 5.41) is 3.84. The highest BCUT2D eigenvalue weighted by Crippen LogP contribution is 2.40. The molecule has 2 aromatic heterocycles. The third-order valence-electron chi connectivity index (χ3n) is 4.24. The van der Waals surface area contributed by atoms with Crippen LogP contribution in [0, 0.1) is 0 Å². The molecule has 5 rings (SSSR count). The average Bonchev–Trinajstić information content (AvgIpc) is 3.00. The van der Waals surface area contributed by atoms with E-state index in [1.54, 1.807) is 11.3 Å². The number of nitrogens with zero attached hydrogens (tertiary/aromatic N) is 2. The Hall–Kier alpha value is -2.49. The largest absolute Gasteiger partial charge is 0.223 e. The van der Waals surface area contributed by atoms with E-state index in [0.717, 1.165) is 22.2 Å². The molecule has 0 N–H and O–H groups in total. The normalized spacial score (nSPS) is 11.5. The molecule has 0 aliphatic heterocycles. The fourth-order valence-corrected chi connectivity index (χ4v) is 4.58. The maximum Gasteiger partial charge on any atom is 0.223 e. The van der Waals surface area contributed by atoms with Gasteiger partial charge in [-0.05, 0) is 23.7 Å². The van der Waals surface area contributed by atoms with E-state index in [4.69, 9.17) is 11.6 Å². The second-order valence-electron chi connectivity index (χ2n) is 5.64. The van der Waals surface area contributed by atoms with Gasteiger partial charge in [0.15, 0.2) is 0 Å². The number of fused-ring (bicyclic) bond motifs is 4. The van der Waals surface area contributed by atoms with E-state index in [2.05, 4.69) is 52.4 Å². The topological polar surface area (TPSA) is 25.8 Å². The summed E-state index contributed by atoms with van der Waals surface area (Å²) in [7, 11) is 0. The fraction of sp³-hybridized carbons (Fsp3) is 0. The van der Waals surface area contributed by atoms with Gasteiger partial charge in [0.25, 0.3) is 0 Å². The number of rotatable bonds is 1. The number of hydrogen-bond donors (Lipinski definition) is 0. The Bertz CT molecular complexity index is 1230. The quantitative estimate of drug-likeness (QED) is 0.332. The third-order valence-corrected chi connectivity index (χ3v) is 5.62. The summed E-state index contributed by atoms with van der Waals surface area (Å²) in [4.78, 5) is 8.90. The van der Waals surface area contributed by atoms with E-state index < -0.39 is 0 Å². The molecule has 24 heavy (non-hydrogen) atoms. The first-order valence-corrected chi connectivity index (χ1v) is 8.83. The van der Waals surface area contributed by atoms with Crippen LogP contribution in [0.4, 0.5) is 0 Å². The molecule has 0 atom stereocenters. The van der Waals surface area contributed by atoms with Crippen molar-refractivity contribution in [3.63, 3.8) is 0 Å². The lowest BCUT2D eigenvalue weighted by Gasteiger charge is -2.07. The summed E-state index contributed by atoms with van der Waals surface area (Å²) in [6.45, 7) is 0. The maximum absolute atomic E-state index is 6.18. The van der Waals surface area contributed by atoms with Gasteiger partial charge in [0, 0.05) is 31.1 Å². The summed E-state index contributed by atoms with van der Waals surface area (Å²) < 4.78 is 2.52. The fourth-order valence-electron chi connectivity index (χ4n) is 3.19. The average molecular weight is 347 g/mol. The first-order chi connectivity index (χ1) is 11.8. The van der Waals surface area contributed by atoms with Gasteiger partial charge < -0.3 is 0 Å². The third kappa shape index (κ3) is 2.02. The smallest absolute Gasteiger partial charge is 0.218 e. The molecule has 4 heteroatoms. The van der Waals surface area contributed by atoms with Crippen LogP contribution in [0.3, 0.4) is 0 Å². The zero-order valence-corrected chi connectivity index (χ0v) is 14.1. The molecule has 114 valence electrons. The lowest BCUT2D eigenvalue weighted by atomic mass is 10.0. The molecule has 0 saturated heterocycles. The lowest BCUT2D eigenvalue weighted by Crippen LogP contribution is -1.91. The first kappa shape index (κ1) is 13.9. The minimum Gasteiger partial charge on any atom is -0.218 e. The van der Waals surface area contributed by atoms with Crippen LogP contribution in [0.15, 0.2) is 66.7 Å². The van der Waals surface area contributed by atoms with E-state index in [9.17, 15) is 0 Å². The van der Waals surface area contributed by atoms with Crippen molar-refractivity contribution in [2.45, 2.75) is 0 Å². The van der Waals surface area contributed by atoms with Crippen LogP contribution in [0.1, 0.15) is 0 Å². The van der Waals surface area contributed by atoms with E-state index in [1.165, 1.54) is 20.2 Å². The molecule has 2 nitrogen and oxygen atoms in total. The molecule has 0 amide bonds. The molecular formula is C20H11ClN2S. The highest BCUT2D eigenvalue weighted by Gasteiger charge is 2.14. The molecule has 0 saturated carbocycles. The van der Waals surface area contributed by atoms with Crippen molar-refractivity contribution in [2.75, 3.05) is 0 Å². The molecule has 0 fully saturated rings. The molecule has 2 heterocycles. The zero-order valence-electron chi connectivity index (χ0n) is 12.5. The van der Waals surface area contributed by atoms with Crippen molar-refractivity contribution in [1.29, 1.82) is 0 Å². The zero-order chi connectivity index (χ0) is 16.1. The van der Waals surface area contributed by atoms with Gasteiger partial charge in [-0.15, -0.1) is 11.3 Å². The van der Waals surface area contributed by atoms with Crippen molar-refractivity contribution in [3.8, 4) is 11.3 Å². The summed E-state index contributed by atoms with van der Waals surface area (Å²) in [6.07, 6.45) is 0. The van der Waals surface area contributed by atoms with Gasteiger partial charge >= 0.3 is 0 Å². The molecule has 0 aliphatic carbocycles. The number of hydrogen-bond acceptors (Lipinski definition) is 3. The lowest BCUT2D eigenvalue weighted by molar-refractivity contribution is 1.23. The number of thiophene rings is 1. The number of halogens is 1. The molecule has 0 spiro atoms. The second kappa shape index (κ2) is 5.26. The van der Waals surface area contributed by atoms with E-state index in [0.29, 0.717) is 0 Å². The van der Waals surface area contributed by atoms with Crippen molar-refractivity contribution in [1.82, 2.24) is 9.97 Å². The molecule has 0 unspecified atom stereocenters. The predicted molar refractivity (Wildman–Crippen MR) is 103 cm³/mol. The van der Waals surface area contributed by atoms with Crippen LogP contribution in [-0.4, -0.2) is 9.97 Å². The first-order valence-electron chi connectivity index (χ1n) is 7.64. The Morgan fingerprint density at radius 3 is 2.38 bits per heavy atom. The van der Waals surface area contributed by atoms with Gasteiger partial charge in [-0.25, -0.2) is 9.97 Å². The van der Waals surface area contributed by atoms with Crippen LogP contribution < -0.4 is 0 Å². The maximum atomic E-state index is 6.18. The van der Waals surface area contributed by atoms with E-state index in [-0.39, 0.29) is 5.28 Å². The summed E-state index contributed by atoms with van der Waals surface area (Å²) in [5.41, 5.74) is 2.86. The Morgan fingerprint density at radius 2 is 1.46 bits per heavy atom. The molecule has 5 aromatic rings. The summed E-state index contributed by atoms with van der Waals surface area (Å²) in [5.74, 6) is 0. The molecule has 0 radical (unpaired) electrons. The van der Waals surface area contributed by atoms with Gasteiger partial charge in [0.1, 0.15) is 0 Å². The highest BCUT2D eigenvalue weighted by molar-refractivity contribution is 7.26. The van der Waals surface area contributed by atoms with Gasteiger partial charge in [0.05, 0.1) is 11.2 Å². The van der Waals surface area contributed by atoms with Crippen LogP contribution >= 0.6 is 22.9 Å². The van der Waals surface area contributed by atoms with E-state index in [1.807, 2.05) is 24.3 Å². The van der Waals surface area contributed by atoms with Gasteiger partial charge in [0.2, 0.25) is 5.28 Å². The number of benzene rings is 3. The Balaban J connectivity index is 1.94. The summed E-state index contributed by atoms with van der Waals surface area (Å²) >= 11 is 7.98. The Labute approximate surface area is 147 Å². The number of aromatic nitrogens is 2. The van der Waals surface area contributed by atoms with Crippen molar-refractivity contribution in [3.05, 3.63) is 72.0 Å². The minimum absolute atomic E-state index is 0.279. The van der Waals surface area contributed by atoms with Gasteiger partial charge in [-0.3, -0.25) is 0 Å². The van der Waals surface area contributed by atoms with E-state index >= 15 is 0 Å². The van der Waals surface area contributed by atoms with Gasteiger partial charge in [-0.2, -0.15) is 0 Å². The molecular weight excluding hydrogens is 336 g/mol. The minimum atomic E-state index is 0.279. The van der Waals surface area contributed by atoms with Crippen LogP contribution in [0.25, 0.3) is 42.3 Å². The molecule has 3 aromatic carbocycles. The van der Waals surface area contributed by atoms with Crippen LogP contribution in [-0.2, 0) is 0 Å². The Morgan fingerprint density at radius 1 is 0.708 bits per heavy atom. The van der Waals surface area contributed by atoms with Crippen molar-refractivity contribution < 1.29 is 0 Å². The monoisotopic (exact) mass is 346 g/mol. The summed E-state index contributed by atoms with van der Waals surface area (Å²) in [6, 6.07) is 22.9. The van der Waals surface area contributed by atoms with Gasteiger partial charge in [-0.1, -0.05) is 54.6 Å².